The summed E-state index contributed by atoms with van der Waals surface area (Å²) in [6, 6.07) is 4.48. The first-order valence-electron chi connectivity index (χ1n) is 6.80. The summed E-state index contributed by atoms with van der Waals surface area (Å²) in [5, 5.41) is 8.99. The van der Waals surface area contributed by atoms with Gasteiger partial charge in [0.25, 0.3) is 0 Å². The average Bonchev–Trinajstić information content (AvgIpc) is 3.22. The standard InChI is InChI=1S/C14H19NO5S/c1-3-15(11-4-5-11)21(18,19)13-7-6-12(20-2)8-10(13)9-14(16)17/h6-8,11H,3-5,9H2,1-2H3,(H,16,17). The summed E-state index contributed by atoms with van der Waals surface area (Å²) in [6.07, 6.45) is 1.36. The number of carbonyl (C=O) groups is 1. The molecule has 0 radical (unpaired) electrons. The van der Waals surface area contributed by atoms with Crippen molar-refractivity contribution in [3.05, 3.63) is 23.8 Å². The van der Waals surface area contributed by atoms with E-state index in [2.05, 4.69) is 0 Å². The normalized spacial score (nSPS) is 15.2. The van der Waals surface area contributed by atoms with Gasteiger partial charge >= 0.3 is 5.97 Å². The van der Waals surface area contributed by atoms with Crippen molar-refractivity contribution in [1.82, 2.24) is 4.31 Å². The van der Waals surface area contributed by atoms with Crippen molar-refractivity contribution >= 4 is 16.0 Å². The van der Waals surface area contributed by atoms with Gasteiger partial charge in [-0.1, -0.05) is 6.92 Å². The number of nitrogens with zero attached hydrogens (tertiary/aromatic N) is 1. The first kappa shape index (κ1) is 15.8. The van der Waals surface area contributed by atoms with Crippen molar-refractivity contribution < 1.29 is 23.1 Å². The lowest BCUT2D eigenvalue weighted by Crippen LogP contribution is -2.33. The zero-order valence-electron chi connectivity index (χ0n) is 12.1. The van der Waals surface area contributed by atoms with Crippen LogP contribution in [-0.4, -0.2) is 43.5 Å². The van der Waals surface area contributed by atoms with E-state index in [4.69, 9.17) is 9.84 Å². The van der Waals surface area contributed by atoms with Crippen LogP contribution < -0.4 is 4.74 Å². The third kappa shape index (κ3) is 3.36. The molecular formula is C14H19NO5S. The number of ether oxygens (including phenoxy) is 1. The van der Waals surface area contributed by atoms with Crippen molar-refractivity contribution in [2.24, 2.45) is 0 Å². The largest absolute Gasteiger partial charge is 0.497 e. The van der Waals surface area contributed by atoms with Crippen LogP contribution in [0.15, 0.2) is 23.1 Å². The smallest absolute Gasteiger partial charge is 0.307 e. The number of sulfonamides is 1. The third-order valence-corrected chi connectivity index (χ3v) is 5.59. The lowest BCUT2D eigenvalue weighted by Gasteiger charge is -2.21. The first-order chi connectivity index (χ1) is 9.90. The molecule has 0 aromatic heterocycles. The van der Waals surface area contributed by atoms with Crippen LogP contribution in [0.3, 0.4) is 0 Å². The van der Waals surface area contributed by atoms with Gasteiger partial charge in [-0.2, -0.15) is 4.31 Å². The second-order valence-corrected chi connectivity index (χ2v) is 6.84. The minimum atomic E-state index is -3.67. The maximum Gasteiger partial charge on any atom is 0.307 e. The van der Waals surface area contributed by atoms with Crippen molar-refractivity contribution in [3.63, 3.8) is 0 Å². The molecule has 6 nitrogen and oxygen atoms in total. The second-order valence-electron chi connectivity index (χ2n) is 4.98. The van der Waals surface area contributed by atoms with Gasteiger partial charge in [-0.3, -0.25) is 4.79 Å². The number of carboxylic acids is 1. The van der Waals surface area contributed by atoms with E-state index in [1.165, 1.54) is 23.5 Å². The van der Waals surface area contributed by atoms with Crippen LogP contribution in [0, 0.1) is 0 Å². The average molecular weight is 313 g/mol. The summed E-state index contributed by atoms with van der Waals surface area (Å²) >= 11 is 0. The summed E-state index contributed by atoms with van der Waals surface area (Å²) in [5.74, 6) is -0.631. The Morgan fingerprint density at radius 1 is 1.43 bits per heavy atom. The highest BCUT2D eigenvalue weighted by Crippen LogP contribution is 2.33. The number of aliphatic carboxylic acids is 1. The van der Waals surface area contributed by atoms with Crippen LogP contribution in [0.25, 0.3) is 0 Å². The Labute approximate surface area is 124 Å². The van der Waals surface area contributed by atoms with Gasteiger partial charge in [-0.25, -0.2) is 8.42 Å². The number of hydrogen-bond acceptors (Lipinski definition) is 4. The monoisotopic (exact) mass is 313 g/mol. The molecule has 116 valence electrons. The Hall–Kier alpha value is -1.60. The predicted molar refractivity (Wildman–Crippen MR) is 76.9 cm³/mol. The molecule has 0 saturated heterocycles. The summed E-state index contributed by atoms with van der Waals surface area (Å²) in [4.78, 5) is 11.0. The van der Waals surface area contributed by atoms with Crippen LogP contribution in [0.2, 0.25) is 0 Å². The lowest BCUT2D eigenvalue weighted by molar-refractivity contribution is -0.136. The van der Waals surface area contributed by atoms with Gasteiger partial charge < -0.3 is 9.84 Å². The lowest BCUT2D eigenvalue weighted by atomic mass is 10.1. The number of rotatable bonds is 7. The first-order valence-corrected chi connectivity index (χ1v) is 8.24. The molecule has 0 amide bonds. The van der Waals surface area contributed by atoms with Crippen LogP contribution in [0.1, 0.15) is 25.3 Å². The highest BCUT2D eigenvalue weighted by atomic mass is 32.2. The van der Waals surface area contributed by atoms with Crippen LogP contribution in [0.4, 0.5) is 0 Å². The van der Waals surface area contributed by atoms with Gasteiger partial charge in [0.2, 0.25) is 10.0 Å². The highest BCUT2D eigenvalue weighted by molar-refractivity contribution is 7.89. The number of carboxylic acid groups (broad SMARTS) is 1. The molecule has 0 atom stereocenters. The summed E-state index contributed by atoms with van der Waals surface area (Å²) in [6.45, 7) is 2.17. The van der Waals surface area contributed by atoms with E-state index in [-0.39, 0.29) is 22.9 Å². The molecule has 1 aromatic rings. The van der Waals surface area contributed by atoms with Gasteiger partial charge in [-0.15, -0.1) is 0 Å². The molecule has 0 spiro atoms. The van der Waals surface area contributed by atoms with Crippen LogP contribution in [-0.2, 0) is 21.2 Å². The minimum Gasteiger partial charge on any atom is -0.497 e. The Morgan fingerprint density at radius 3 is 2.57 bits per heavy atom. The molecule has 2 rings (SSSR count). The molecule has 1 aliphatic carbocycles. The van der Waals surface area contributed by atoms with Crippen LogP contribution in [0.5, 0.6) is 5.75 Å². The molecule has 21 heavy (non-hydrogen) atoms. The maximum absolute atomic E-state index is 12.7. The summed E-state index contributed by atoms with van der Waals surface area (Å²) < 4.78 is 32.0. The zero-order chi connectivity index (χ0) is 15.6. The number of methoxy groups -OCH3 is 1. The Kier molecular flexibility index (Phi) is 4.53. The molecule has 0 heterocycles. The quantitative estimate of drug-likeness (QED) is 0.824. The fraction of sp³-hybridized carbons (Fsp3) is 0.500. The van der Waals surface area contributed by atoms with E-state index in [0.717, 1.165) is 12.8 Å². The van der Waals surface area contributed by atoms with Gasteiger partial charge in [-0.05, 0) is 36.6 Å². The van der Waals surface area contributed by atoms with E-state index in [1.54, 1.807) is 13.0 Å². The van der Waals surface area contributed by atoms with E-state index < -0.39 is 16.0 Å². The van der Waals surface area contributed by atoms with Gasteiger partial charge in [0.05, 0.1) is 18.4 Å². The molecular weight excluding hydrogens is 294 g/mol. The Bertz CT molecular complexity index is 637. The van der Waals surface area contributed by atoms with Crippen molar-refractivity contribution in [2.75, 3.05) is 13.7 Å². The maximum atomic E-state index is 12.7. The van der Waals surface area contributed by atoms with E-state index >= 15 is 0 Å². The molecule has 1 saturated carbocycles. The Balaban J connectivity index is 2.47. The summed E-state index contributed by atoms with van der Waals surface area (Å²) in [7, 11) is -2.22. The molecule has 0 aliphatic heterocycles. The van der Waals surface area contributed by atoms with Crippen molar-refractivity contribution in [2.45, 2.75) is 37.1 Å². The van der Waals surface area contributed by atoms with Crippen molar-refractivity contribution in [1.29, 1.82) is 0 Å². The molecule has 1 fully saturated rings. The second kappa shape index (κ2) is 6.03. The zero-order valence-corrected chi connectivity index (χ0v) is 12.9. The SMILES string of the molecule is CCN(C1CC1)S(=O)(=O)c1ccc(OC)cc1CC(=O)O. The van der Waals surface area contributed by atoms with Gasteiger partial charge in [0.1, 0.15) is 5.75 Å². The van der Waals surface area contributed by atoms with Gasteiger partial charge in [0, 0.05) is 12.6 Å². The highest BCUT2D eigenvalue weighted by Gasteiger charge is 2.38. The van der Waals surface area contributed by atoms with Crippen LogP contribution >= 0.6 is 0 Å². The minimum absolute atomic E-state index is 0.0415. The molecule has 0 unspecified atom stereocenters. The summed E-state index contributed by atoms with van der Waals surface area (Å²) in [5.41, 5.74) is 0.251. The van der Waals surface area contributed by atoms with E-state index in [0.29, 0.717) is 12.3 Å². The van der Waals surface area contributed by atoms with Crippen molar-refractivity contribution in [3.8, 4) is 5.75 Å². The van der Waals surface area contributed by atoms with Gasteiger partial charge in [0.15, 0.2) is 0 Å². The van der Waals surface area contributed by atoms with E-state index in [9.17, 15) is 13.2 Å². The van der Waals surface area contributed by atoms with E-state index in [1.807, 2.05) is 0 Å². The molecule has 1 aliphatic rings. The predicted octanol–water partition coefficient (Wildman–Crippen LogP) is 1.50. The number of benzene rings is 1. The fourth-order valence-corrected chi connectivity index (χ4v) is 4.25. The molecule has 1 N–H and O–H groups in total. The fourth-order valence-electron chi connectivity index (χ4n) is 2.35. The third-order valence-electron chi connectivity index (χ3n) is 3.46. The Morgan fingerprint density at radius 2 is 2.10 bits per heavy atom. The number of hydrogen-bond donors (Lipinski definition) is 1. The molecule has 1 aromatic carbocycles. The topological polar surface area (TPSA) is 83.9 Å². The molecule has 0 bridgehead atoms. The molecule has 7 heteroatoms.